The highest BCUT2D eigenvalue weighted by Crippen LogP contribution is 2.12. The average molecular weight is 279 g/mol. The zero-order valence-corrected chi connectivity index (χ0v) is 11.9. The van der Waals surface area contributed by atoms with Gasteiger partial charge < -0.3 is 10.4 Å². The quantitative estimate of drug-likeness (QED) is 0.849. The number of carbonyl (C=O) groups excluding carboxylic acids is 1. The predicted molar refractivity (Wildman–Crippen MR) is 84.2 cm³/mol. The molecular formula is C18H17NO2. The molecular weight excluding hydrogens is 262 g/mol. The van der Waals surface area contributed by atoms with Gasteiger partial charge in [0.15, 0.2) is 0 Å². The molecule has 0 unspecified atom stereocenters. The second-order valence-electron chi connectivity index (χ2n) is 4.68. The van der Waals surface area contributed by atoms with E-state index < -0.39 is 0 Å². The smallest absolute Gasteiger partial charge is 0.255 e. The van der Waals surface area contributed by atoms with E-state index in [4.69, 9.17) is 5.11 Å². The molecule has 0 heterocycles. The van der Waals surface area contributed by atoms with Gasteiger partial charge in [-0.15, -0.1) is 0 Å². The summed E-state index contributed by atoms with van der Waals surface area (Å²) in [6, 6.07) is 14.8. The van der Waals surface area contributed by atoms with Crippen molar-refractivity contribution in [2.75, 3.05) is 11.9 Å². The van der Waals surface area contributed by atoms with Crippen molar-refractivity contribution in [3.8, 4) is 11.8 Å². The van der Waals surface area contributed by atoms with E-state index >= 15 is 0 Å². The lowest BCUT2D eigenvalue weighted by molar-refractivity contribution is 0.102. The molecule has 3 heteroatoms. The van der Waals surface area contributed by atoms with E-state index in [9.17, 15) is 4.79 Å². The standard InChI is InChI=1S/C18H17NO2/c1-14-6-4-9-16(12-14)18(21)19-17-10-5-8-15(13-17)7-2-3-11-20/h4-6,8-10,12-13,20H,3,11H2,1H3,(H,19,21). The molecule has 0 aliphatic rings. The van der Waals surface area contributed by atoms with Crippen LogP contribution >= 0.6 is 0 Å². The second-order valence-corrected chi connectivity index (χ2v) is 4.68. The molecule has 0 aromatic heterocycles. The Morgan fingerprint density at radius 3 is 2.76 bits per heavy atom. The average Bonchev–Trinajstić information content (AvgIpc) is 2.48. The molecule has 0 saturated carbocycles. The van der Waals surface area contributed by atoms with Crippen LogP contribution in [0.15, 0.2) is 48.5 Å². The van der Waals surface area contributed by atoms with Crippen LogP contribution in [0.25, 0.3) is 0 Å². The van der Waals surface area contributed by atoms with Crippen molar-refractivity contribution in [3.63, 3.8) is 0 Å². The maximum Gasteiger partial charge on any atom is 0.255 e. The number of anilines is 1. The molecule has 0 atom stereocenters. The first-order valence-electron chi connectivity index (χ1n) is 6.77. The Morgan fingerprint density at radius 1 is 1.19 bits per heavy atom. The molecule has 21 heavy (non-hydrogen) atoms. The van der Waals surface area contributed by atoms with Gasteiger partial charge in [-0.3, -0.25) is 4.79 Å². The van der Waals surface area contributed by atoms with Gasteiger partial charge in [-0.25, -0.2) is 0 Å². The lowest BCUT2D eigenvalue weighted by Crippen LogP contribution is -2.11. The molecule has 0 fully saturated rings. The molecule has 3 nitrogen and oxygen atoms in total. The van der Waals surface area contributed by atoms with Crippen molar-refractivity contribution in [2.45, 2.75) is 13.3 Å². The highest BCUT2D eigenvalue weighted by Gasteiger charge is 2.05. The van der Waals surface area contributed by atoms with E-state index in [0.29, 0.717) is 17.7 Å². The van der Waals surface area contributed by atoms with Crippen LogP contribution in [0.5, 0.6) is 0 Å². The SMILES string of the molecule is Cc1cccc(C(=O)Nc2cccc(C#CCCO)c2)c1. The van der Waals surface area contributed by atoms with Gasteiger partial charge in [-0.2, -0.15) is 0 Å². The molecule has 2 rings (SSSR count). The molecule has 2 N–H and O–H groups in total. The topological polar surface area (TPSA) is 49.3 Å². The van der Waals surface area contributed by atoms with Crippen LogP contribution in [-0.4, -0.2) is 17.6 Å². The van der Waals surface area contributed by atoms with E-state index in [1.54, 1.807) is 6.07 Å². The van der Waals surface area contributed by atoms with Crippen molar-refractivity contribution < 1.29 is 9.90 Å². The van der Waals surface area contributed by atoms with Crippen LogP contribution in [0.1, 0.15) is 27.9 Å². The Balaban J connectivity index is 2.11. The Bertz CT molecular complexity index is 696. The molecule has 0 saturated heterocycles. The summed E-state index contributed by atoms with van der Waals surface area (Å²) < 4.78 is 0. The molecule has 106 valence electrons. The summed E-state index contributed by atoms with van der Waals surface area (Å²) in [4.78, 5) is 12.2. The molecule has 0 aliphatic heterocycles. The van der Waals surface area contributed by atoms with Crippen LogP contribution in [0.3, 0.4) is 0 Å². The van der Waals surface area contributed by atoms with Gasteiger partial charge >= 0.3 is 0 Å². The number of hydrogen-bond acceptors (Lipinski definition) is 2. The Kier molecular flexibility index (Phi) is 5.14. The van der Waals surface area contributed by atoms with E-state index in [-0.39, 0.29) is 12.5 Å². The number of aliphatic hydroxyl groups is 1. The van der Waals surface area contributed by atoms with Crippen LogP contribution < -0.4 is 5.32 Å². The molecule has 0 spiro atoms. The third-order valence-corrected chi connectivity index (χ3v) is 2.87. The fourth-order valence-corrected chi connectivity index (χ4v) is 1.88. The zero-order valence-electron chi connectivity index (χ0n) is 11.9. The minimum Gasteiger partial charge on any atom is -0.395 e. The molecule has 1 amide bonds. The highest BCUT2D eigenvalue weighted by atomic mass is 16.2. The predicted octanol–water partition coefficient (Wildman–Crippen LogP) is 2.98. The van der Waals surface area contributed by atoms with Crippen LogP contribution in [0.2, 0.25) is 0 Å². The monoisotopic (exact) mass is 279 g/mol. The largest absolute Gasteiger partial charge is 0.395 e. The summed E-state index contributed by atoms with van der Waals surface area (Å²) in [5, 5.41) is 11.6. The lowest BCUT2D eigenvalue weighted by Gasteiger charge is -2.06. The molecule has 2 aromatic carbocycles. The van der Waals surface area contributed by atoms with Crippen molar-refractivity contribution in [1.82, 2.24) is 0 Å². The maximum absolute atomic E-state index is 12.2. The number of carbonyl (C=O) groups is 1. The van der Waals surface area contributed by atoms with Gasteiger partial charge in [-0.1, -0.05) is 35.6 Å². The first kappa shape index (κ1) is 14.8. The van der Waals surface area contributed by atoms with E-state index in [0.717, 1.165) is 11.1 Å². The van der Waals surface area contributed by atoms with Crippen LogP contribution in [0.4, 0.5) is 5.69 Å². The molecule has 0 aliphatic carbocycles. The van der Waals surface area contributed by atoms with Crippen molar-refractivity contribution in [3.05, 3.63) is 65.2 Å². The van der Waals surface area contributed by atoms with Crippen molar-refractivity contribution in [2.24, 2.45) is 0 Å². The summed E-state index contributed by atoms with van der Waals surface area (Å²) in [5.41, 5.74) is 3.20. The third kappa shape index (κ3) is 4.48. The number of rotatable bonds is 3. The van der Waals surface area contributed by atoms with E-state index in [2.05, 4.69) is 17.2 Å². The van der Waals surface area contributed by atoms with Crippen LogP contribution in [0, 0.1) is 18.8 Å². The van der Waals surface area contributed by atoms with Gasteiger partial charge in [0, 0.05) is 23.2 Å². The minimum atomic E-state index is -0.140. The van der Waals surface area contributed by atoms with E-state index in [1.165, 1.54) is 0 Å². The first-order chi connectivity index (χ1) is 10.2. The molecule has 0 bridgehead atoms. The van der Waals surface area contributed by atoms with Gasteiger partial charge in [-0.05, 0) is 37.3 Å². The number of hydrogen-bond donors (Lipinski definition) is 2. The van der Waals surface area contributed by atoms with Gasteiger partial charge in [0.05, 0.1) is 6.61 Å². The Hall–Kier alpha value is -2.57. The summed E-state index contributed by atoms with van der Waals surface area (Å²) in [7, 11) is 0. The Labute approximate surface area is 124 Å². The van der Waals surface area contributed by atoms with E-state index in [1.807, 2.05) is 49.4 Å². The minimum absolute atomic E-state index is 0.0524. The van der Waals surface area contributed by atoms with Gasteiger partial charge in [0.25, 0.3) is 5.91 Å². The van der Waals surface area contributed by atoms with Gasteiger partial charge in [0.1, 0.15) is 0 Å². The normalized spacial score (nSPS) is 9.62. The maximum atomic E-state index is 12.2. The molecule has 2 aromatic rings. The number of aliphatic hydroxyl groups excluding tert-OH is 1. The Morgan fingerprint density at radius 2 is 2.00 bits per heavy atom. The number of benzene rings is 2. The number of aryl methyl sites for hydroxylation is 1. The highest BCUT2D eigenvalue weighted by molar-refractivity contribution is 6.04. The second kappa shape index (κ2) is 7.28. The zero-order chi connectivity index (χ0) is 15.1. The summed E-state index contributed by atoms with van der Waals surface area (Å²) in [6.07, 6.45) is 0.444. The molecule has 0 radical (unpaired) electrons. The summed E-state index contributed by atoms with van der Waals surface area (Å²) >= 11 is 0. The third-order valence-electron chi connectivity index (χ3n) is 2.87. The van der Waals surface area contributed by atoms with Crippen molar-refractivity contribution in [1.29, 1.82) is 0 Å². The fraction of sp³-hybridized carbons (Fsp3) is 0.167. The number of amides is 1. The summed E-state index contributed by atoms with van der Waals surface area (Å²) in [6.45, 7) is 2.00. The van der Waals surface area contributed by atoms with Crippen molar-refractivity contribution >= 4 is 11.6 Å². The fourth-order valence-electron chi connectivity index (χ4n) is 1.88. The lowest BCUT2D eigenvalue weighted by atomic mass is 10.1. The van der Waals surface area contributed by atoms with Gasteiger partial charge in [0.2, 0.25) is 0 Å². The summed E-state index contributed by atoms with van der Waals surface area (Å²) in [5.74, 6) is 5.67. The number of nitrogens with one attached hydrogen (secondary N) is 1. The van der Waals surface area contributed by atoms with Crippen LogP contribution in [-0.2, 0) is 0 Å². The first-order valence-corrected chi connectivity index (χ1v) is 6.77.